The van der Waals surface area contributed by atoms with Gasteiger partial charge in [0, 0.05) is 75.0 Å². The number of aryl methyl sites for hydroxylation is 1. The average Bonchev–Trinajstić information content (AvgIpc) is 1.43. The SMILES string of the molecule is Cc1cc(N(c2ccc3c(c2)C2C4=CC3(C=CC=C4)c3ccccc32)c2ccc3c(c2)C2c4ccccc4C24c2ccccc2C34)c(Cl)c(N(c2ccc3c(c2)C2c4ccccc4C3c3ccccc32)c2ccc3c(c2)C2c4ccccc4C24c2ccccc2C34)c1. The predicted octanol–water partition coefficient (Wildman–Crippen LogP) is 21.2. The Balaban J connectivity index is 0.756. The smallest absolute Gasteiger partial charge is 0.0887 e. The van der Waals surface area contributed by atoms with Crippen molar-refractivity contribution < 1.29 is 0 Å². The molecule has 92 heavy (non-hydrogen) atoms. The maximum absolute atomic E-state index is 8.70. The van der Waals surface area contributed by atoms with Gasteiger partial charge in [0.2, 0.25) is 0 Å². The van der Waals surface area contributed by atoms with Crippen LogP contribution in [0, 0.1) is 6.92 Å². The van der Waals surface area contributed by atoms with Gasteiger partial charge in [-0.15, -0.1) is 0 Å². The summed E-state index contributed by atoms with van der Waals surface area (Å²) in [4.78, 5) is 5.07. The van der Waals surface area contributed by atoms with Crippen molar-refractivity contribution in [2.45, 2.75) is 64.6 Å². The van der Waals surface area contributed by atoms with Crippen LogP contribution in [0.5, 0.6) is 0 Å². The topological polar surface area (TPSA) is 6.48 Å². The fourth-order valence-corrected chi connectivity index (χ4v) is 22.0. The van der Waals surface area contributed by atoms with E-state index in [1.165, 1.54) is 128 Å². The van der Waals surface area contributed by atoms with E-state index in [0.29, 0.717) is 16.9 Å². The first-order valence-corrected chi connectivity index (χ1v) is 33.5. The van der Waals surface area contributed by atoms with E-state index >= 15 is 0 Å². The molecule has 0 aliphatic heterocycles. The molecule has 0 saturated heterocycles. The fraction of sp³-hybridized carbons (Fsp3) is 0.124. The van der Waals surface area contributed by atoms with Gasteiger partial charge in [-0.2, -0.15) is 0 Å². The molecule has 12 aromatic rings. The first-order valence-electron chi connectivity index (χ1n) is 33.1. The molecule has 8 atom stereocenters. The minimum absolute atomic E-state index is 0.0597. The number of nitrogens with zero attached hydrogens (tertiary/aromatic N) is 2. The highest BCUT2D eigenvalue weighted by Gasteiger charge is 2.70. The molecular formula is C89H57ClN2. The van der Waals surface area contributed by atoms with Gasteiger partial charge in [0.05, 0.1) is 21.8 Å². The van der Waals surface area contributed by atoms with Gasteiger partial charge in [0.1, 0.15) is 0 Å². The molecule has 13 aliphatic rings. The molecule has 13 aliphatic carbocycles. The molecule has 3 spiro atoms. The molecule has 430 valence electrons. The number of rotatable bonds is 6. The van der Waals surface area contributed by atoms with E-state index in [0.717, 1.165) is 39.7 Å². The first kappa shape index (κ1) is 49.5. The Labute approximate surface area is 540 Å². The van der Waals surface area contributed by atoms with Gasteiger partial charge in [-0.25, -0.2) is 0 Å². The zero-order valence-electron chi connectivity index (χ0n) is 50.4. The Morgan fingerprint density at radius 2 is 0.663 bits per heavy atom. The van der Waals surface area contributed by atoms with Crippen molar-refractivity contribution in [1.82, 2.24) is 0 Å². The lowest BCUT2D eigenvalue weighted by atomic mass is 9.43. The van der Waals surface area contributed by atoms with E-state index in [4.69, 9.17) is 11.6 Å². The van der Waals surface area contributed by atoms with Crippen LogP contribution in [0.2, 0.25) is 5.02 Å². The summed E-state index contributed by atoms with van der Waals surface area (Å²) in [5.74, 6) is 1.47. The number of benzene rings is 12. The Morgan fingerprint density at radius 1 is 0.304 bits per heavy atom. The third kappa shape index (κ3) is 5.50. The van der Waals surface area contributed by atoms with Gasteiger partial charge in [-0.05, 0) is 201 Å². The van der Waals surface area contributed by atoms with Crippen LogP contribution in [0.15, 0.2) is 291 Å². The van der Waals surface area contributed by atoms with Gasteiger partial charge in [-0.3, -0.25) is 0 Å². The summed E-state index contributed by atoms with van der Waals surface area (Å²) < 4.78 is 0. The fourth-order valence-electron chi connectivity index (χ4n) is 21.7. The second-order valence-corrected chi connectivity index (χ2v) is 28.6. The first-order chi connectivity index (χ1) is 45.4. The average molecular weight is 1190 g/mol. The number of allylic oxidation sites excluding steroid dienone is 6. The summed E-state index contributed by atoms with van der Waals surface area (Å²) in [6.45, 7) is 2.27. The molecule has 5 bridgehead atoms. The third-order valence-corrected chi connectivity index (χ3v) is 25.1. The molecule has 0 aromatic heterocycles. The monoisotopic (exact) mass is 1190 g/mol. The van der Waals surface area contributed by atoms with E-state index in [-0.39, 0.29) is 45.8 Å². The van der Waals surface area contributed by atoms with Crippen LogP contribution in [-0.4, -0.2) is 0 Å². The maximum Gasteiger partial charge on any atom is 0.0887 e. The molecule has 0 fully saturated rings. The number of anilines is 6. The molecule has 2 nitrogen and oxygen atoms in total. The van der Waals surface area contributed by atoms with E-state index in [2.05, 4.69) is 302 Å². The minimum Gasteiger partial charge on any atom is -0.309 e. The molecule has 8 unspecified atom stereocenters. The summed E-state index contributed by atoms with van der Waals surface area (Å²) in [7, 11) is 0. The van der Waals surface area contributed by atoms with Crippen molar-refractivity contribution in [1.29, 1.82) is 0 Å². The van der Waals surface area contributed by atoms with Crippen LogP contribution in [0.4, 0.5) is 34.1 Å². The van der Waals surface area contributed by atoms with E-state index < -0.39 is 0 Å². The van der Waals surface area contributed by atoms with Gasteiger partial charge >= 0.3 is 0 Å². The van der Waals surface area contributed by atoms with Gasteiger partial charge in [-0.1, -0.05) is 236 Å². The van der Waals surface area contributed by atoms with Crippen LogP contribution in [0.3, 0.4) is 0 Å². The van der Waals surface area contributed by atoms with E-state index in [1.54, 1.807) is 0 Å². The lowest BCUT2D eigenvalue weighted by Gasteiger charge is -2.58. The Morgan fingerprint density at radius 3 is 1.15 bits per heavy atom. The Bertz CT molecular complexity index is 5510. The quantitative estimate of drug-likeness (QED) is 0.164. The predicted molar refractivity (Wildman–Crippen MR) is 370 cm³/mol. The number of hydrogen-bond donors (Lipinski definition) is 0. The summed E-state index contributed by atoms with van der Waals surface area (Å²) in [6, 6.07) is 99.1. The molecule has 0 heterocycles. The van der Waals surface area contributed by atoms with Gasteiger partial charge in [0.15, 0.2) is 0 Å². The van der Waals surface area contributed by atoms with Crippen LogP contribution < -0.4 is 9.80 Å². The summed E-state index contributed by atoms with van der Waals surface area (Å²) in [6.07, 6.45) is 11.8. The zero-order chi connectivity index (χ0) is 59.8. The third-order valence-electron chi connectivity index (χ3n) is 24.7. The normalized spacial score (nSPS) is 25.7. The Hall–Kier alpha value is -10.3. The van der Waals surface area contributed by atoms with Crippen molar-refractivity contribution in [2.75, 3.05) is 9.80 Å². The van der Waals surface area contributed by atoms with E-state index in [1.807, 2.05) is 0 Å². The molecule has 0 saturated carbocycles. The van der Waals surface area contributed by atoms with E-state index in [9.17, 15) is 0 Å². The van der Waals surface area contributed by atoms with Crippen LogP contribution in [0.25, 0.3) is 0 Å². The van der Waals surface area contributed by atoms with Crippen molar-refractivity contribution in [3.05, 3.63) is 424 Å². The second kappa shape index (κ2) is 16.8. The van der Waals surface area contributed by atoms with Crippen molar-refractivity contribution in [3.63, 3.8) is 0 Å². The molecule has 25 rings (SSSR count). The maximum atomic E-state index is 8.70. The van der Waals surface area contributed by atoms with Gasteiger partial charge in [0.25, 0.3) is 0 Å². The minimum atomic E-state index is -0.372. The van der Waals surface area contributed by atoms with Crippen molar-refractivity contribution >= 4 is 45.7 Å². The lowest BCUT2D eigenvalue weighted by Crippen LogP contribution is -2.52. The van der Waals surface area contributed by atoms with Crippen LogP contribution in [0.1, 0.15) is 169 Å². The largest absolute Gasteiger partial charge is 0.309 e. The Kier molecular flexibility index (Phi) is 9.05. The molecule has 0 amide bonds. The second-order valence-electron chi connectivity index (χ2n) is 28.2. The summed E-state index contributed by atoms with van der Waals surface area (Å²) in [5.41, 5.74) is 39.7. The van der Waals surface area contributed by atoms with Crippen molar-refractivity contribution in [3.8, 4) is 0 Å². The highest BCUT2D eigenvalue weighted by Crippen LogP contribution is 2.79. The van der Waals surface area contributed by atoms with Crippen molar-refractivity contribution in [2.24, 2.45) is 0 Å². The molecule has 0 radical (unpaired) electrons. The number of halogens is 1. The van der Waals surface area contributed by atoms with Gasteiger partial charge < -0.3 is 9.80 Å². The molecule has 12 aromatic carbocycles. The highest BCUT2D eigenvalue weighted by atomic mass is 35.5. The summed E-state index contributed by atoms with van der Waals surface area (Å²) in [5, 5.41) is 0.702. The number of fused-ring (bicyclic) bond motifs is 14. The molecule has 0 N–H and O–H groups in total. The van der Waals surface area contributed by atoms with Crippen LogP contribution in [-0.2, 0) is 16.2 Å². The number of hydrogen-bond acceptors (Lipinski definition) is 2. The summed E-state index contributed by atoms with van der Waals surface area (Å²) >= 11 is 8.70. The highest BCUT2D eigenvalue weighted by molar-refractivity contribution is 6.37. The van der Waals surface area contributed by atoms with Crippen LogP contribution >= 0.6 is 11.6 Å². The lowest BCUT2D eigenvalue weighted by molar-refractivity contribution is 0.332. The zero-order valence-corrected chi connectivity index (χ0v) is 51.2. The molecular weight excluding hydrogens is 1130 g/mol. The molecule has 3 heteroatoms. The standard InChI is InChI=1S/C89H57ClN2/c1-49-42-77(91(51-33-37-59-67(44-51)81-57-21-4-2-19-55(57)80(59)56-20-3-5-22-58(56)81)52-34-38-60-68(45-52)84-65-26-9-14-31-75(65)88(84)73-29-12-7-24-63(73)82(60)88)86(90)78(43-49)92(54-36-40-72-70(47-54)79-50-18-16-17-41-87(72,48-50)71-28-11-6-23-62(71)79)53-35-39-61-69(46-53)85-66-27-10-15-32-76(66)89(85)74-30-13-8-25-64(74)83(61)89/h2-48,79-85H,1H3.